The van der Waals surface area contributed by atoms with E-state index in [1.165, 1.54) is 12.1 Å². The first-order valence-electron chi connectivity index (χ1n) is 8.59. The van der Waals surface area contributed by atoms with Gasteiger partial charge in [-0.25, -0.2) is 0 Å². The highest BCUT2D eigenvalue weighted by atomic mass is 16.5. The molecule has 0 saturated heterocycles. The Bertz CT molecular complexity index is 1030. The fourth-order valence-corrected chi connectivity index (χ4v) is 2.97. The minimum absolute atomic E-state index is 0.0454. The molecule has 28 heavy (non-hydrogen) atoms. The summed E-state index contributed by atoms with van der Waals surface area (Å²) in [5.74, 6) is -3.45. The fourth-order valence-electron chi connectivity index (χ4n) is 2.97. The van der Waals surface area contributed by atoms with Gasteiger partial charge >= 0.3 is 5.97 Å². The van der Waals surface area contributed by atoms with Crippen LogP contribution in [0.25, 0.3) is 0 Å². The van der Waals surface area contributed by atoms with Crippen LogP contribution in [0, 0.1) is 17.2 Å². The average molecular weight is 375 g/mol. The maximum atomic E-state index is 13.1. The molecule has 1 aliphatic carbocycles. The van der Waals surface area contributed by atoms with Gasteiger partial charge in [0.05, 0.1) is 23.9 Å². The lowest BCUT2D eigenvalue weighted by atomic mass is 9.81. The number of rotatable bonds is 5. The van der Waals surface area contributed by atoms with Gasteiger partial charge in [0.15, 0.2) is 11.7 Å². The van der Waals surface area contributed by atoms with Crippen molar-refractivity contribution in [2.75, 3.05) is 17.7 Å². The summed E-state index contributed by atoms with van der Waals surface area (Å²) in [4.78, 5) is 38.5. The van der Waals surface area contributed by atoms with E-state index in [0.717, 1.165) is 0 Å². The molecular formula is C21H17N3O4. The molecule has 0 aromatic heterocycles. The third-order valence-electron chi connectivity index (χ3n) is 4.28. The van der Waals surface area contributed by atoms with Crippen LogP contribution >= 0.6 is 0 Å². The van der Waals surface area contributed by atoms with Gasteiger partial charge in [0, 0.05) is 22.5 Å². The molecule has 1 aliphatic rings. The monoisotopic (exact) mass is 375 g/mol. The molecule has 1 unspecified atom stereocenters. The largest absolute Gasteiger partial charge is 0.465 e. The van der Waals surface area contributed by atoms with Crippen molar-refractivity contribution in [3.8, 4) is 6.07 Å². The summed E-state index contributed by atoms with van der Waals surface area (Å²) in [5.41, 5.74) is 6.70. The molecule has 2 aromatic rings. The average Bonchev–Trinajstić information content (AvgIpc) is 2.70. The third kappa shape index (κ3) is 3.35. The third-order valence-corrected chi connectivity index (χ3v) is 4.28. The number of Topliss-reactive ketones (excluding diaryl/α,β-unsaturated/α-hetero) is 2. The van der Waals surface area contributed by atoms with Crippen LogP contribution in [-0.2, 0) is 9.53 Å². The van der Waals surface area contributed by atoms with Gasteiger partial charge in [-0.2, -0.15) is 5.26 Å². The summed E-state index contributed by atoms with van der Waals surface area (Å²) >= 11 is 0. The summed E-state index contributed by atoms with van der Waals surface area (Å²) in [6.45, 7) is 1.64. The predicted molar refractivity (Wildman–Crippen MR) is 102 cm³/mol. The number of fused-ring (bicyclic) bond motifs is 1. The Balaban J connectivity index is 2.17. The molecule has 3 rings (SSSR count). The van der Waals surface area contributed by atoms with E-state index < -0.39 is 23.5 Å². The molecule has 0 amide bonds. The number of anilines is 2. The lowest BCUT2D eigenvalue weighted by Gasteiger charge is -2.24. The van der Waals surface area contributed by atoms with Gasteiger partial charge < -0.3 is 15.8 Å². The zero-order valence-electron chi connectivity index (χ0n) is 15.1. The van der Waals surface area contributed by atoms with E-state index in [2.05, 4.69) is 5.32 Å². The lowest BCUT2D eigenvalue weighted by Crippen LogP contribution is -2.32. The molecule has 0 bridgehead atoms. The van der Waals surface area contributed by atoms with Gasteiger partial charge in [-0.3, -0.25) is 14.4 Å². The fraction of sp³-hybridized carbons (Fsp3) is 0.143. The second-order valence-corrected chi connectivity index (χ2v) is 6.05. The Morgan fingerprint density at radius 2 is 1.71 bits per heavy atom. The number of carbonyl (C=O) groups excluding carboxylic acids is 3. The number of nitrogens with two attached hydrogens (primary N) is 1. The Morgan fingerprint density at radius 1 is 1.11 bits per heavy atom. The number of hydrogen-bond acceptors (Lipinski definition) is 7. The van der Waals surface area contributed by atoms with E-state index in [1.807, 2.05) is 0 Å². The Morgan fingerprint density at radius 3 is 2.29 bits per heavy atom. The van der Waals surface area contributed by atoms with E-state index in [9.17, 15) is 19.6 Å². The van der Waals surface area contributed by atoms with Crippen molar-refractivity contribution in [1.29, 1.82) is 5.26 Å². The number of ether oxygens (including phenoxy) is 1. The summed E-state index contributed by atoms with van der Waals surface area (Å²) < 4.78 is 4.93. The summed E-state index contributed by atoms with van der Waals surface area (Å²) in [6, 6.07) is 14.6. The number of allylic oxidation sites excluding steroid dienone is 1. The van der Waals surface area contributed by atoms with Crippen LogP contribution in [0.4, 0.5) is 11.4 Å². The molecule has 7 nitrogen and oxygen atoms in total. The molecule has 2 aromatic carbocycles. The molecule has 3 N–H and O–H groups in total. The predicted octanol–water partition coefficient (Wildman–Crippen LogP) is 2.72. The molecule has 0 spiro atoms. The second-order valence-electron chi connectivity index (χ2n) is 6.05. The highest BCUT2D eigenvalue weighted by Gasteiger charge is 2.39. The summed E-state index contributed by atoms with van der Waals surface area (Å²) in [5, 5.41) is 12.4. The maximum Gasteiger partial charge on any atom is 0.328 e. The van der Waals surface area contributed by atoms with E-state index in [4.69, 9.17) is 10.5 Å². The van der Waals surface area contributed by atoms with Gasteiger partial charge in [0.1, 0.15) is 0 Å². The van der Waals surface area contributed by atoms with Crippen molar-refractivity contribution < 1.29 is 19.1 Å². The Hall–Kier alpha value is -3.92. The normalized spacial score (nSPS) is 14.1. The number of carbonyl (C=O) groups is 3. The van der Waals surface area contributed by atoms with E-state index in [-0.39, 0.29) is 29.0 Å². The number of nitriles is 1. The van der Waals surface area contributed by atoms with Crippen LogP contribution in [0.15, 0.2) is 59.8 Å². The van der Waals surface area contributed by atoms with Crippen molar-refractivity contribution in [2.24, 2.45) is 5.92 Å². The molecule has 0 fully saturated rings. The smallest absolute Gasteiger partial charge is 0.328 e. The molecule has 0 heterocycles. The van der Waals surface area contributed by atoms with E-state index in [1.54, 1.807) is 49.4 Å². The Labute approximate surface area is 161 Å². The molecule has 7 heteroatoms. The number of hydrogen-bond donors (Lipinski definition) is 2. The van der Waals surface area contributed by atoms with Crippen LogP contribution in [0.2, 0.25) is 0 Å². The summed E-state index contributed by atoms with van der Waals surface area (Å²) in [6.07, 6.45) is 0. The number of nitrogens with zero attached hydrogens (tertiary/aromatic N) is 1. The van der Waals surface area contributed by atoms with E-state index >= 15 is 0 Å². The maximum absolute atomic E-state index is 13.1. The highest BCUT2D eigenvalue weighted by molar-refractivity contribution is 6.29. The zero-order valence-corrected chi connectivity index (χ0v) is 15.1. The first kappa shape index (κ1) is 18.9. The van der Waals surface area contributed by atoms with Crippen LogP contribution in [-0.4, -0.2) is 24.1 Å². The van der Waals surface area contributed by atoms with Crippen molar-refractivity contribution >= 4 is 28.9 Å². The van der Waals surface area contributed by atoms with Gasteiger partial charge in [0.25, 0.3) is 0 Å². The minimum Gasteiger partial charge on any atom is -0.465 e. The van der Waals surface area contributed by atoms with Crippen molar-refractivity contribution in [1.82, 2.24) is 0 Å². The van der Waals surface area contributed by atoms with Crippen LogP contribution in [0.3, 0.4) is 0 Å². The second kappa shape index (κ2) is 7.76. The van der Waals surface area contributed by atoms with Crippen LogP contribution in [0.5, 0.6) is 0 Å². The van der Waals surface area contributed by atoms with Crippen molar-refractivity contribution in [3.63, 3.8) is 0 Å². The molecule has 1 atom stereocenters. The standard InChI is InChI=1S/C21H17N3O4/c1-2-28-21(27)16(11-22)17-18(24-13-9-7-12(23)8-10-13)20(26)15-6-4-3-5-14(15)19(17)25/h3-10,16,24H,2,23H2,1H3. The number of esters is 1. The number of benzene rings is 2. The van der Waals surface area contributed by atoms with E-state index in [0.29, 0.717) is 11.4 Å². The van der Waals surface area contributed by atoms with Crippen LogP contribution in [0.1, 0.15) is 27.6 Å². The quantitative estimate of drug-likeness (QED) is 0.608. The minimum atomic E-state index is -1.53. The van der Waals surface area contributed by atoms with Gasteiger partial charge in [-0.05, 0) is 31.2 Å². The number of nitrogen functional groups attached to an aromatic ring is 1. The molecule has 0 saturated carbocycles. The highest BCUT2D eigenvalue weighted by Crippen LogP contribution is 2.32. The number of nitrogens with one attached hydrogen (secondary N) is 1. The molecular weight excluding hydrogens is 358 g/mol. The van der Waals surface area contributed by atoms with Crippen molar-refractivity contribution in [2.45, 2.75) is 6.92 Å². The van der Waals surface area contributed by atoms with Crippen LogP contribution < -0.4 is 11.1 Å². The SMILES string of the molecule is CCOC(=O)C(C#N)C1=C(Nc2ccc(N)cc2)C(=O)c2ccccc2C1=O. The van der Waals surface area contributed by atoms with Gasteiger partial charge in [0.2, 0.25) is 5.78 Å². The number of ketones is 2. The topological polar surface area (TPSA) is 122 Å². The lowest BCUT2D eigenvalue weighted by molar-refractivity contribution is -0.144. The van der Waals surface area contributed by atoms with Crippen molar-refractivity contribution in [3.05, 3.63) is 70.9 Å². The first-order chi connectivity index (χ1) is 13.5. The van der Waals surface area contributed by atoms with Gasteiger partial charge in [-0.15, -0.1) is 0 Å². The molecule has 0 aliphatic heterocycles. The van der Waals surface area contributed by atoms with Gasteiger partial charge in [-0.1, -0.05) is 24.3 Å². The Kier molecular flexibility index (Phi) is 5.23. The zero-order chi connectivity index (χ0) is 20.3. The molecule has 0 radical (unpaired) electrons. The molecule has 140 valence electrons. The first-order valence-corrected chi connectivity index (χ1v) is 8.59. The summed E-state index contributed by atoms with van der Waals surface area (Å²) in [7, 11) is 0.